The number of ether oxygens (including phenoxy) is 7. The lowest BCUT2D eigenvalue weighted by atomic mass is 9.95. The van der Waals surface area contributed by atoms with Crippen molar-refractivity contribution in [2.24, 2.45) is 0 Å². The minimum atomic E-state index is -5.56. The van der Waals surface area contributed by atoms with Crippen LogP contribution in [0, 0.1) is 0 Å². The molecule has 13 atom stereocenters. The van der Waals surface area contributed by atoms with Crippen molar-refractivity contribution in [1.29, 1.82) is 0 Å². The minimum Gasteiger partial charge on any atom is -0.462 e. The van der Waals surface area contributed by atoms with Gasteiger partial charge in [-0.15, -0.1) is 0 Å². The second-order valence-electron chi connectivity index (χ2n) is 37.0. The van der Waals surface area contributed by atoms with Crippen LogP contribution in [0.15, 0.2) is 0 Å². The number of carbonyl (C=O) groups excluding carboxylic acids is 6. The standard InChI is InChI=1S/C100H189N2O21P/c1-7-13-19-25-31-37-39-41-43-49-55-61-67-73-91(108)118-84(71-65-59-53-47-35-29-23-17-11-5)77-90(107)101-86-80-116-88(96(112)97(86)121-93(110)76-83(105)70-64-58-52-46-34-28-22-16-10-4)81-117-100-95(102-89(106)75-82(104)69-63-57-51-45-33-27-21-15-9-3)99(98(87(79-103)120-100)123-124(113,114)115)122-94(111)78-85(72-66-60-54-48-36-30-24-18-12-6)119-92(109)74-68-62-56-50-44-42-40-38-32-26-20-14-8-2/h82-88,95-100,103-105,112H,7-81H2,1-6H3,(H,101,107)(H,102,106)(H2,113,114,115)/t82-,83-,84-,85-,86?,87?,88?,95?,96-,97-,98-,99-,100-/m1/s1. The van der Waals surface area contributed by atoms with E-state index in [0.29, 0.717) is 51.4 Å². The Kier molecular flexibility index (Phi) is 75.8. The van der Waals surface area contributed by atoms with E-state index >= 15 is 0 Å². The van der Waals surface area contributed by atoms with Gasteiger partial charge in [0.05, 0.1) is 63.8 Å². The Morgan fingerprint density at radius 3 is 1.02 bits per heavy atom. The van der Waals surface area contributed by atoms with Gasteiger partial charge >= 0.3 is 31.7 Å². The van der Waals surface area contributed by atoms with Crippen LogP contribution in [-0.4, -0.2) is 165 Å². The fraction of sp³-hybridized carbons (Fsp3) is 0.940. The lowest BCUT2D eigenvalue weighted by Crippen LogP contribution is -2.67. The number of phosphoric ester groups is 1. The van der Waals surface area contributed by atoms with E-state index in [1.54, 1.807) is 0 Å². The van der Waals surface area contributed by atoms with Gasteiger partial charge in [-0.25, -0.2) is 4.57 Å². The Morgan fingerprint density at radius 1 is 0.363 bits per heavy atom. The van der Waals surface area contributed by atoms with Crippen molar-refractivity contribution in [3.05, 3.63) is 0 Å². The summed E-state index contributed by atoms with van der Waals surface area (Å²) in [5, 5.41) is 52.0. The summed E-state index contributed by atoms with van der Waals surface area (Å²) >= 11 is 0. The van der Waals surface area contributed by atoms with Gasteiger partial charge in [-0.1, -0.05) is 414 Å². The number of rotatable bonds is 88. The first-order valence-corrected chi connectivity index (χ1v) is 53.4. The van der Waals surface area contributed by atoms with Gasteiger partial charge in [-0.3, -0.25) is 33.3 Å². The molecular weight excluding hydrogens is 1600 g/mol. The highest BCUT2D eigenvalue weighted by Gasteiger charge is 2.53. The molecule has 8 N–H and O–H groups in total. The maximum absolute atomic E-state index is 14.8. The molecule has 2 fully saturated rings. The summed E-state index contributed by atoms with van der Waals surface area (Å²) in [6.45, 7) is 11.2. The Labute approximate surface area is 754 Å². The highest BCUT2D eigenvalue weighted by Crippen LogP contribution is 2.43. The topological polar surface area (TPSA) is 339 Å². The van der Waals surface area contributed by atoms with E-state index < -0.39 is 149 Å². The predicted octanol–water partition coefficient (Wildman–Crippen LogP) is 23.5. The molecule has 23 nitrogen and oxygen atoms in total. The van der Waals surface area contributed by atoms with Gasteiger partial charge in [0.15, 0.2) is 18.5 Å². The zero-order chi connectivity index (χ0) is 90.6. The monoisotopic (exact) mass is 1790 g/mol. The van der Waals surface area contributed by atoms with E-state index in [1.807, 2.05) is 0 Å². The second-order valence-corrected chi connectivity index (χ2v) is 38.2. The zero-order valence-corrected chi connectivity index (χ0v) is 80.7. The molecular formula is C100H189N2O21P. The Morgan fingerprint density at radius 2 is 0.669 bits per heavy atom. The predicted molar refractivity (Wildman–Crippen MR) is 496 cm³/mol. The van der Waals surface area contributed by atoms with Gasteiger partial charge in [-0.05, 0) is 51.4 Å². The largest absolute Gasteiger partial charge is 0.470 e. The number of aliphatic hydroxyl groups excluding tert-OH is 4. The fourth-order valence-electron chi connectivity index (χ4n) is 17.4. The van der Waals surface area contributed by atoms with Crippen LogP contribution in [0.3, 0.4) is 0 Å². The van der Waals surface area contributed by atoms with E-state index in [1.165, 1.54) is 186 Å². The molecule has 730 valence electrons. The molecule has 2 aliphatic heterocycles. The molecule has 124 heavy (non-hydrogen) atoms. The third-order valence-electron chi connectivity index (χ3n) is 25.1. The first kappa shape index (κ1) is 117. The molecule has 4 unspecified atom stereocenters. The number of amides is 2. The van der Waals surface area contributed by atoms with Gasteiger partial charge in [0.1, 0.15) is 42.7 Å². The van der Waals surface area contributed by atoms with Crippen LogP contribution in [0.1, 0.15) is 504 Å². The number of aliphatic hydroxyl groups is 4. The molecule has 0 aromatic rings. The SMILES string of the molecule is CCCCCCCCCCCCCCCC(=O)O[C@H](CCCCCCCCCCC)CC(=O)NC1COC(CO[C@@H]2OC(CO)[C@@H](OP(=O)(O)O)[C@H](OC(=O)C[C@@H](CCCCCCCCCCC)OC(=O)CCCCCCCCCCCCCCC)C2NC(=O)C[C@H](O)CCCCCCCCCCC)[C@@H](O)[C@@H]1OC(=O)C[C@H](O)CCCCCCCCCCC. The second kappa shape index (κ2) is 80.5. The van der Waals surface area contributed by atoms with Crippen LogP contribution < -0.4 is 10.6 Å². The van der Waals surface area contributed by atoms with Crippen LogP contribution in [0.5, 0.6) is 0 Å². The summed E-state index contributed by atoms with van der Waals surface area (Å²) in [6, 6.07) is -2.92. The van der Waals surface area contributed by atoms with E-state index in [9.17, 15) is 63.5 Å². The highest BCUT2D eigenvalue weighted by atomic mass is 31.2. The summed E-state index contributed by atoms with van der Waals surface area (Å²) in [6.07, 6.45) is 51.3. The van der Waals surface area contributed by atoms with Crippen LogP contribution >= 0.6 is 7.82 Å². The van der Waals surface area contributed by atoms with Crippen molar-refractivity contribution < 1.29 is 101 Å². The van der Waals surface area contributed by atoms with E-state index in [-0.39, 0.29) is 38.3 Å². The van der Waals surface area contributed by atoms with Crippen molar-refractivity contribution in [3.63, 3.8) is 0 Å². The van der Waals surface area contributed by atoms with Gasteiger partial charge in [-0.2, -0.15) is 0 Å². The number of carbonyl (C=O) groups is 6. The summed E-state index contributed by atoms with van der Waals surface area (Å²) in [5.74, 6) is -4.06. The first-order valence-electron chi connectivity index (χ1n) is 51.9. The molecule has 0 bridgehead atoms. The first-order chi connectivity index (χ1) is 60.2. The van der Waals surface area contributed by atoms with Crippen LogP contribution in [0.25, 0.3) is 0 Å². The molecule has 0 aliphatic carbocycles. The Balaban J connectivity index is 2.60. The number of unbranched alkanes of at least 4 members (excludes halogenated alkanes) is 56. The van der Waals surface area contributed by atoms with E-state index in [0.717, 1.165) is 180 Å². The van der Waals surface area contributed by atoms with Gasteiger partial charge < -0.3 is 74.0 Å². The Hall–Kier alpha value is -3.35. The lowest BCUT2D eigenvalue weighted by molar-refractivity contribution is -0.282. The van der Waals surface area contributed by atoms with Crippen molar-refractivity contribution in [2.75, 3.05) is 19.8 Å². The van der Waals surface area contributed by atoms with E-state index in [2.05, 4.69) is 52.2 Å². The van der Waals surface area contributed by atoms with Crippen molar-refractivity contribution in [2.45, 2.75) is 583 Å². The zero-order valence-electron chi connectivity index (χ0n) is 79.8. The number of nitrogens with one attached hydrogen (secondary N) is 2. The van der Waals surface area contributed by atoms with Gasteiger partial charge in [0, 0.05) is 12.8 Å². The van der Waals surface area contributed by atoms with Crippen LogP contribution in [0.4, 0.5) is 0 Å². The molecule has 2 saturated heterocycles. The summed E-state index contributed by atoms with van der Waals surface area (Å²) in [7, 11) is -5.56. The summed E-state index contributed by atoms with van der Waals surface area (Å²) in [5.41, 5.74) is 0. The number of hydrogen-bond donors (Lipinski definition) is 8. The molecule has 2 amide bonds. The molecule has 0 aromatic carbocycles. The van der Waals surface area contributed by atoms with Crippen molar-refractivity contribution >= 4 is 43.5 Å². The number of phosphoric acid groups is 1. The molecule has 2 rings (SSSR count). The quantitative estimate of drug-likeness (QED) is 0.0121. The normalized spacial score (nSPS) is 19.6. The van der Waals surface area contributed by atoms with Crippen molar-refractivity contribution in [1.82, 2.24) is 10.6 Å². The average Bonchev–Trinajstić information content (AvgIpc) is 0.777. The molecule has 2 heterocycles. The van der Waals surface area contributed by atoms with Gasteiger partial charge in [0.25, 0.3) is 0 Å². The molecule has 0 radical (unpaired) electrons. The average molecular weight is 1790 g/mol. The number of hydrogen-bond acceptors (Lipinski definition) is 19. The maximum atomic E-state index is 14.8. The summed E-state index contributed by atoms with van der Waals surface area (Å²) < 4.78 is 62.1. The molecule has 0 spiro atoms. The smallest absolute Gasteiger partial charge is 0.462 e. The minimum absolute atomic E-state index is 0.133. The van der Waals surface area contributed by atoms with Gasteiger partial charge in [0.2, 0.25) is 11.8 Å². The molecule has 0 aromatic heterocycles. The van der Waals surface area contributed by atoms with Crippen LogP contribution in [0.2, 0.25) is 0 Å². The molecule has 24 heteroatoms. The third kappa shape index (κ3) is 64.4. The Bertz CT molecular complexity index is 2590. The fourth-order valence-corrected chi connectivity index (χ4v) is 18.0. The van der Waals surface area contributed by atoms with Crippen LogP contribution in [-0.2, 0) is 71.0 Å². The molecule has 2 aliphatic rings. The summed E-state index contributed by atoms with van der Waals surface area (Å²) in [4.78, 5) is 107. The number of esters is 4. The third-order valence-corrected chi connectivity index (χ3v) is 25.6. The highest BCUT2D eigenvalue weighted by molar-refractivity contribution is 7.46. The van der Waals surface area contributed by atoms with Crippen molar-refractivity contribution in [3.8, 4) is 0 Å². The lowest BCUT2D eigenvalue weighted by Gasteiger charge is -2.46. The van der Waals surface area contributed by atoms with E-state index in [4.69, 9.17) is 37.7 Å². The molecule has 0 saturated carbocycles. The maximum Gasteiger partial charge on any atom is 0.470 e.